The van der Waals surface area contributed by atoms with Gasteiger partial charge >= 0.3 is 6.08 Å². The average Bonchev–Trinajstić information content (AvgIpc) is 3.19. The lowest BCUT2D eigenvalue weighted by molar-refractivity contribution is -0.130. The molecule has 192 valence electrons. The summed E-state index contributed by atoms with van der Waals surface area (Å²) in [7, 11) is 3.95. The summed E-state index contributed by atoms with van der Waals surface area (Å²) in [6.45, 7) is 4.74. The van der Waals surface area contributed by atoms with Crippen LogP contribution in [0.4, 0.5) is 15.9 Å². The molecule has 1 aromatic carbocycles. The van der Waals surface area contributed by atoms with Crippen molar-refractivity contribution in [3.63, 3.8) is 0 Å². The Morgan fingerprint density at radius 3 is 2.67 bits per heavy atom. The van der Waals surface area contributed by atoms with Gasteiger partial charge in [-0.05, 0) is 36.8 Å². The van der Waals surface area contributed by atoms with Crippen LogP contribution in [0.3, 0.4) is 0 Å². The third-order valence-electron chi connectivity index (χ3n) is 6.97. The minimum Gasteiger partial charge on any atom is -0.486 e. The van der Waals surface area contributed by atoms with Crippen LogP contribution in [0.15, 0.2) is 12.1 Å². The molecule has 5 rings (SSSR count). The first-order valence-corrected chi connectivity index (χ1v) is 12.3. The van der Waals surface area contributed by atoms with Crippen LogP contribution >= 0.6 is 0 Å². The van der Waals surface area contributed by atoms with Crippen molar-refractivity contribution in [3.05, 3.63) is 29.6 Å². The van der Waals surface area contributed by atoms with E-state index < -0.39 is 6.08 Å². The number of carbonyl (C=O) groups is 1. The third kappa shape index (κ3) is 4.74. The van der Waals surface area contributed by atoms with E-state index in [1.54, 1.807) is 6.92 Å². The molecule has 11 heteroatoms. The van der Waals surface area contributed by atoms with E-state index in [0.29, 0.717) is 54.8 Å². The molecule has 1 saturated heterocycles. The predicted octanol–water partition coefficient (Wildman–Crippen LogP) is 2.62. The number of nitrogens with zero attached hydrogens (tertiary/aromatic N) is 6. The molecule has 10 nitrogen and oxygen atoms in total. The number of carbonyl (C=O) groups excluding carboxylic acids is 1. The number of benzene rings is 1. The first-order valence-electron chi connectivity index (χ1n) is 12.3. The number of halogens is 1. The minimum absolute atomic E-state index is 0.0212. The second-order valence-electron chi connectivity index (χ2n) is 9.69. The molecule has 4 heterocycles. The Hall–Kier alpha value is -3.63. The zero-order chi connectivity index (χ0) is 25.4. The number of likely N-dealkylation sites (tertiary alicyclic amines) is 1. The Labute approximate surface area is 209 Å². The molecule has 36 heavy (non-hydrogen) atoms. The van der Waals surface area contributed by atoms with Gasteiger partial charge in [0.2, 0.25) is 5.91 Å². The summed E-state index contributed by atoms with van der Waals surface area (Å²) in [5.41, 5.74) is 8.79. The number of hydrogen-bond donors (Lipinski definition) is 1. The van der Waals surface area contributed by atoms with Gasteiger partial charge in [-0.15, -0.1) is 0 Å². The number of piperidine rings is 1. The summed E-state index contributed by atoms with van der Waals surface area (Å²) in [5, 5.41) is 0. The SMILES string of the molecule is CC(=O)N1CCCC(CCn2c(Cc3cc4c(cc3N(C)C)OCCO4)nc3c(N)nc(F)nc32)C1. The third-order valence-corrected chi connectivity index (χ3v) is 6.97. The summed E-state index contributed by atoms with van der Waals surface area (Å²) in [4.78, 5) is 28.3. The molecule has 3 aromatic rings. The molecule has 1 fully saturated rings. The number of aryl methyl sites for hydroxylation is 1. The van der Waals surface area contributed by atoms with Gasteiger partial charge in [0, 0.05) is 58.8 Å². The number of amides is 1. The van der Waals surface area contributed by atoms with Crippen LogP contribution < -0.4 is 20.1 Å². The highest BCUT2D eigenvalue weighted by Crippen LogP contribution is 2.38. The lowest BCUT2D eigenvalue weighted by Crippen LogP contribution is -2.38. The molecule has 0 aliphatic carbocycles. The van der Waals surface area contributed by atoms with E-state index in [1.165, 1.54) is 0 Å². The number of anilines is 2. The highest BCUT2D eigenvalue weighted by Gasteiger charge is 2.24. The maximum absolute atomic E-state index is 14.2. The molecule has 2 aliphatic rings. The van der Waals surface area contributed by atoms with Crippen molar-refractivity contribution in [2.75, 3.05) is 51.0 Å². The fourth-order valence-electron chi connectivity index (χ4n) is 5.16. The molecular formula is C25H32FN7O3. The van der Waals surface area contributed by atoms with Crippen molar-refractivity contribution in [1.82, 2.24) is 24.4 Å². The fraction of sp³-hybridized carbons (Fsp3) is 0.520. The Bertz CT molecular complexity index is 1290. The lowest BCUT2D eigenvalue weighted by Gasteiger charge is -2.32. The van der Waals surface area contributed by atoms with E-state index in [1.807, 2.05) is 40.6 Å². The van der Waals surface area contributed by atoms with Crippen molar-refractivity contribution in [1.29, 1.82) is 0 Å². The quantitative estimate of drug-likeness (QED) is 0.518. The Balaban J connectivity index is 1.50. The molecular weight excluding hydrogens is 465 g/mol. The van der Waals surface area contributed by atoms with Crippen molar-refractivity contribution >= 4 is 28.6 Å². The molecule has 2 aliphatic heterocycles. The number of fused-ring (bicyclic) bond motifs is 2. The molecule has 2 N–H and O–H groups in total. The van der Waals surface area contributed by atoms with E-state index in [2.05, 4.69) is 9.97 Å². The highest BCUT2D eigenvalue weighted by atomic mass is 19.1. The van der Waals surface area contributed by atoms with Gasteiger partial charge in [0.1, 0.15) is 19.0 Å². The summed E-state index contributed by atoms with van der Waals surface area (Å²) >= 11 is 0. The lowest BCUT2D eigenvalue weighted by atomic mass is 9.94. The van der Waals surface area contributed by atoms with Crippen LogP contribution in [0.25, 0.3) is 11.2 Å². The van der Waals surface area contributed by atoms with Gasteiger partial charge in [-0.25, -0.2) is 4.98 Å². The molecule has 0 saturated carbocycles. The number of hydrogen-bond acceptors (Lipinski definition) is 8. The van der Waals surface area contributed by atoms with E-state index in [-0.39, 0.29) is 11.7 Å². The molecule has 0 radical (unpaired) electrons. The molecule has 1 amide bonds. The molecule has 0 bridgehead atoms. The number of nitrogens with two attached hydrogens (primary N) is 1. The zero-order valence-electron chi connectivity index (χ0n) is 21.0. The summed E-state index contributed by atoms with van der Waals surface area (Å²) < 4.78 is 27.7. The second kappa shape index (κ2) is 9.79. The van der Waals surface area contributed by atoms with E-state index in [4.69, 9.17) is 20.2 Å². The van der Waals surface area contributed by atoms with Gasteiger partial charge in [0.15, 0.2) is 28.5 Å². The monoisotopic (exact) mass is 497 g/mol. The van der Waals surface area contributed by atoms with E-state index >= 15 is 0 Å². The van der Waals surface area contributed by atoms with Gasteiger partial charge in [0.05, 0.1) is 0 Å². The maximum Gasteiger partial charge on any atom is 0.312 e. The van der Waals surface area contributed by atoms with Crippen LogP contribution in [0.1, 0.15) is 37.6 Å². The maximum atomic E-state index is 14.2. The summed E-state index contributed by atoms with van der Waals surface area (Å²) in [6.07, 6.45) is 2.43. The number of ether oxygens (including phenoxy) is 2. The van der Waals surface area contributed by atoms with Gasteiger partial charge in [0.25, 0.3) is 0 Å². The van der Waals surface area contributed by atoms with Crippen molar-refractivity contribution in [2.45, 2.75) is 39.2 Å². The number of rotatable bonds is 6. The molecule has 2 aromatic heterocycles. The van der Waals surface area contributed by atoms with Crippen LogP contribution in [0.2, 0.25) is 0 Å². The standard InChI is InChI=1S/C25H32FN7O3/c1-15(34)32-7-4-5-16(14-32)6-8-33-21(28-22-23(27)29-25(26)30-24(22)33)12-17-11-19-20(36-10-9-35-19)13-18(17)31(2)3/h11,13,16H,4-10,12,14H2,1-3H3,(H2,27,29,30). The topological polar surface area (TPSA) is 112 Å². The molecule has 1 atom stereocenters. The smallest absolute Gasteiger partial charge is 0.312 e. The van der Waals surface area contributed by atoms with Gasteiger partial charge in [-0.1, -0.05) is 0 Å². The van der Waals surface area contributed by atoms with Crippen molar-refractivity contribution in [2.24, 2.45) is 5.92 Å². The van der Waals surface area contributed by atoms with E-state index in [9.17, 15) is 9.18 Å². The predicted molar refractivity (Wildman–Crippen MR) is 134 cm³/mol. The number of imidazole rings is 1. The first-order chi connectivity index (χ1) is 17.3. The summed E-state index contributed by atoms with van der Waals surface area (Å²) in [6, 6.07) is 3.96. The molecule has 0 spiro atoms. The zero-order valence-corrected chi connectivity index (χ0v) is 21.0. The molecule has 1 unspecified atom stereocenters. The first kappa shape index (κ1) is 24.1. The van der Waals surface area contributed by atoms with Gasteiger partial charge in [-0.3, -0.25) is 4.79 Å². The average molecular weight is 498 g/mol. The van der Waals surface area contributed by atoms with Crippen LogP contribution in [0, 0.1) is 12.0 Å². The number of aromatic nitrogens is 4. The minimum atomic E-state index is -0.874. The van der Waals surface area contributed by atoms with Crippen LogP contribution in [-0.2, 0) is 17.8 Å². The fourth-order valence-corrected chi connectivity index (χ4v) is 5.16. The van der Waals surface area contributed by atoms with Crippen molar-refractivity contribution in [3.8, 4) is 11.5 Å². The van der Waals surface area contributed by atoms with Crippen LogP contribution in [-0.4, -0.2) is 70.7 Å². The Morgan fingerprint density at radius 1 is 1.19 bits per heavy atom. The van der Waals surface area contributed by atoms with E-state index in [0.717, 1.165) is 49.4 Å². The largest absolute Gasteiger partial charge is 0.486 e. The van der Waals surface area contributed by atoms with Gasteiger partial charge in [-0.2, -0.15) is 14.4 Å². The second-order valence-corrected chi connectivity index (χ2v) is 9.69. The van der Waals surface area contributed by atoms with Crippen molar-refractivity contribution < 1.29 is 18.7 Å². The Kier molecular flexibility index (Phi) is 6.55. The van der Waals surface area contributed by atoms with Gasteiger partial charge < -0.3 is 29.6 Å². The highest BCUT2D eigenvalue weighted by molar-refractivity contribution is 5.82. The number of nitrogen functional groups attached to an aromatic ring is 1. The summed E-state index contributed by atoms with van der Waals surface area (Å²) in [5.74, 6) is 2.60. The van der Waals surface area contributed by atoms with Crippen LogP contribution in [0.5, 0.6) is 11.5 Å². The normalized spacial score (nSPS) is 17.4. The Morgan fingerprint density at radius 2 is 1.94 bits per heavy atom.